The van der Waals surface area contributed by atoms with Crippen molar-refractivity contribution in [2.24, 2.45) is 0 Å². The number of aromatic nitrogens is 2. The lowest BCUT2D eigenvalue weighted by Gasteiger charge is -2.33. The standard InChI is InChI=1S/C21H25FN4OS/c1-14-5-3-4-11-25(14)12-10-23-20(27)19-13-18-15(2)24-26(21(18)28-19)17-8-6-16(22)7-9-17/h6-9,13-14H,3-5,10-12H2,1-2H3,(H,23,27). The molecule has 1 unspecified atom stereocenters. The summed E-state index contributed by atoms with van der Waals surface area (Å²) in [7, 11) is 0. The molecular formula is C21H25FN4OS. The normalized spacial score (nSPS) is 17.9. The van der Waals surface area contributed by atoms with Crippen LogP contribution in [0.5, 0.6) is 0 Å². The highest BCUT2D eigenvalue weighted by molar-refractivity contribution is 7.20. The van der Waals surface area contributed by atoms with Gasteiger partial charge in [0.25, 0.3) is 5.91 Å². The van der Waals surface area contributed by atoms with Crippen LogP contribution in [0.3, 0.4) is 0 Å². The first-order valence-electron chi connectivity index (χ1n) is 9.80. The van der Waals surface area contributed by atoms with Crippen molar-refractivity contribution in [1.82, 2.24) is 20.0 Å². The maximum absolute atomic E-state index is 13.2. The number of likely N-dealkylation sites (tertiary alicyclic amines) is 1. The first-order valence-corrected chi connectivity index (χ1v) is 10.6. The predicted octanol–water partition coefficient (Wildman–Crippen LogP) is 4.14. The highest BCUT2D eigenvalue weighted by Crippen LogP contribution is 2.30. The number of carbonyl (C=O) groups excluding carboxylic acids is 1. The van der Waals surface area contributed by atoms with Crippen LogP contribution in [0.1, 0.15) is 41.6 Å². The van der Waals surface area contributed by atoms with Gasteiger partial charge in [-0.25, -0.2) is 9.07 Å². The van der Waals surface area contributed by atoms with E-state index in [0.717, 1.165) is 34.7 Å². The van der Waals surface area contributed by atoms with Crippen molar-refractivity contribution in [1.29, 1.82) is 0 Å². The quantitative estimate of drug-likeness (QED) is 0.700. The predicted molar refractivity (Wildman–Crippen MR) is 111 cm³/mol. The van der Waals surface area contributed by atoms with E-state index in [9.17, 15) is 9.18 Å². The van der Waals surface area contributed by atoms with Gasteiger partial charge in [-0.2, -0.15) is 5.10 Å². The minimum absolute atomic E-state index is 0.0454. The Labute approximate surface area is 168 Å². The van der Waals surface area contributed by atoms with E-state index in [1.807, 2.05) is 13.0 Å². The second-order valence-electron chi connectivity index (χ2n) is 7.44. The Morgan fingerprint density at radius 1 is 1.32 bits per heavy atom. The van der Waals surface area contributed by atoms with Crippen LogP contribution in [0.2, 0.25) is 0 Å². The van der Waals surface area contributed by atoms with Crippen molar-refractivity contribution in [2.75, 3.05) is 19.6 Å². The first-order chi connectivity index (χ1) is 13.5. The van der Waals surface area contributed by atoms with Crippen LogP contribution in [-0.4, -0.2) is 46.3 Å². The van der Waals surface area contributed by atoms with E-state index in [1.165, 1.54) is 42.7 Å². The lowest BCUT2D eigenvalue weighted by molar-refractivity contribution is 0.0942. The minimum Gasteiger partial charge on any atom is -0.350 e. The number of aryl methyl sites for hydroxylation is 1. The molecule has 1 aliphatic heterocycles. The molecule has 0 saturated carbocycles. The van der Waals surface area contributed by atoms with Gasteiger partial charge in [-0.05, 0) is 63.6 Å². The van der Waals surface area contributed by atoms with Crippen molar-refractivity contribution in [3.05, 3.63) is 46.7 Å². The molecule has 28 heavy (non-hydrogen) atoms. The molecular weight excluding hydrogens is 375 g/mol. The van der Waals surface area contributed by atoms with Gasteiger partial charge in [-0.1, -0.05) is 6.42 Å². The van der Waals surface area contributed by atoms with Gasteiger partial charge in [0.1, 0.15) is 10.6 Å². The Hall–Kier alpha value is -2.25. The Morgan fingerprint density at radius 3 is 2.86 bits per heavy atom. The van der Waals surface area contributed by atoms with Gasteiger partial charge in [-0.3, -0.25) is 9.69 Å². The zero-order valence-corrected chi connectivity index (χ0v) is 17.1. The number of fused-ring (bicyclic) bond motifs is 1. The third-order valence-corrected chi connectivity index (χ3v) is 6.57. The third kappa shape index (κ3) is 3.82. The SMILES string of the molecule is Cc1nn(-c2ccc(F)cc2)c2sc(C(=O)NCCN3CCCCC3C)cc12. The fraction of sp³-hybridized carbons (Fsp3) is 0.429. The van der Waals surface area contributed by atoms with Gasteiger partial charge in [0.15, 0.2) is 0 Å². The van der Waals surface area contributed by atoms with Gasteiger partial charge >= 0.3 is 0 Å². The summed E-state index contributed by atoms with van der Waals surface area (Å²) in [6, 6.07) is 8.73. The van der Waals surface area contributed by atoms with E-state index in [0.29, 0.717) is 17.5 Å². The molecule has 0 bridgehead atoms. The van der Waals surface area contributed by atoms with Crippen LogP contribution in [0.4, 0.5) is 4.39 Å². The summed E-state index contributed by atoms with van der Waals surface area (Å²) in [4.78, 5) is 16.7. The summed E-state index contributed by atoms with van der Waals surface area (Å²) in [5.74, 6) is -0.325. The number of nitrogens with zero attached hydrogens (tertiary/aromatic N) is 3. The van der Waals surface area contributed by atoms with Crippen molar-refractivity contribution >= 4 is 27.5 Å². The smallest absolute Gasteiger partial charge is 0.261 e. The zero-order chi connectivity index (χ0) is 19.7. The fourth-order valence-electron chi connectivity index (χ4n) is 3.81. The molecule has 3 aromatic rings. The van der Waals surface area contributed by atoms with E-state index >= 15 is 0 Å². The molecule has 0 radical (unpaired) electrons. The zero-order valence-electron chi connectivity index (χ0n) is 16.2. The molecule has 1 aromatic carbocycles. The Balaban J connectivity index is 1.47. The van der Waals surface area contributed by atoms with Gasteiger partial charge in [0.2, 0.25) is 0 Å². The van der Waals surface area contributed by atoms with Gasteiger partial charge in [-0.15, -0.1) is 11.3 Å². The number of rotatable bonds is 5. The van der Waals surface area contributed by atoms with E-state index in [-0.39, 0.29) is 11.7 Å². The number of piperidine rings is 1. The first kappa shape index (κ1) is 19.1. The molecule has 1 aliphatic rings. The summed E-state index contributed by atoms with van der Waals surface area (Å²) >= 11 is 1.42. The lowest BCUT2D eigenvalue weighted by Crippen LogP contribution is -2.42. The summed E-state index contributed by atoms with van der Waals surface area (Å²) in [6.45, 7) is 6.85. The molecule has 5 nitrogen and oxygen atoms in total. The second-order valence-corrected chi connectivity index (χ2v) is 8.47. The maximum Gasteiger partial charge on any atom is 0.261 e. The molecule has 1 atom stereocenters. The molecule has 4 rings (SSSR count). The van der Waals surface area contributed by atoms with E-state index in [2.05, 4.69) is 22.2 Å². The second kappa shape index (κ2) is 8.01. The van der Waals surface area contributed by atoms with Gasteiger partial charge < -0.3 is 5.32 Å². The number of hydrogen-bond donors (Lipinski definition) is 1. The van der Waals surface area contributed by atoms with Crippen LogP contribution in [0, 0.1) is 12.7 Å². The number of carbonyl (C=O) groups is 1. The lowest BCUT2D eigenvalue weighted by atomic mass is 10.0. The molecule has 0 spiro atoms. The van der Waals surface area contributed by atoms with Gasteiger partial charge in [0, 0.05) is 24.5 Å². The van der Waals surface area contributed by atoms with E-state index in [4.69, 9.17) is 0 Å². The Kier molecular flexibility index (Phi) is 5.46. The molecule has 1 fully saturated rings. The molecule has 3 heterocycles. The Morgan fingerprint density at radius 2 is 2.11 bits per heavy atom. The fourth-order valence-corrected chi connectivity index (χ4v) is 4.91. The van der Waals surface area contributed by atoms with Crippen LogP contribution in [-0.2, 0) is 0 Å². The van der Waals surface area contributed by atoms with Crippen molar-refractivity contribution in [2.45, 2.75) is 39.2 Å². The number of hydrogen-bond acceptors (Lipinski definition) is 4. The van der Waals surface area contributed by atoms with Crippen LogP contribution < -0.4 is 5.32 Å². The highest BCUT2D eigenvalue weighted by Gasteiger charge is 2.19. The van der Waals surface area contributed by atoms with Crippen LogP contribution in [0.25, 0.3) is 15.9 Å². The number of benzene rings is 1. The molecule has 0 aliphatic carbocycles. The molecule has 1 saturated heterocycles. The average Bonchev–Trinajstić information content (AvgIpc) is 3.25. The van der Waals surface area contributed by atoms with E-state index in [1.54, 1.807) is 16.8 Å². The van der Waals surface area contributed by atoms with Crippen molar-refractivity contribution < 1.29 is 9.18 Å². The van der Waals surface area contributed by atoms with Gasteiger partial charge in [0.05, 0.1) is 16.3 Å². The average molecular weight is 401 g/mol. The number of amides is 1. The molecule has 1 N–H and O–H groups in total. The maximum atomic E-state index is 13.2. The number of nitrogens with one attached hydrogen (secondary N) is 1. The summed E-state index contributed by atoms with van der Waals surface area (Å²) in [6.07, 6.45) is 3.79. The summed E-state index contributed by atoms with van der Waals surface area (Å²) in [5.41, 5.74) is 1.64. The summed E-state index contributed by atoms with van der Waals surface area (Å²) < 4.78 is 15.0. The van der Waals surface area contributed by atoms with Crippen molar-refractivity contribution in [3.8, 4) is 5.69 Å². The Bertz CT molecular complexity index is 978. The van der Waals surface area contributed by atoms with Crippen molar-refractivity contribution in [3.63, 3.8) is 0 Å². The molecule has 1 amide bonds. The molecule has 148 valence electrons. The number of halogens is 1. The monoisotopic (exact) mass is 400 g/mol. The van der Waals surface area contributed by atoms with Crippen LogP contribution in [0.15, 0.2) is 30.3 Å². The van der Waals surface area contributed by atoms with Crippen LogP contribution >= 0.6 is 11.3 Å². The minimum atomic E-state index is -0.279. The van der Waals surface area contributed by atoms with E-state index < -0.39 is 0 Å². The topological polar surface area (TPSA) is 50.2 Å². The molecule has 2 aromatic heterocycles. The molecule has 7 heteroatoms. The highest BCUT2D eigenvalue weighted by atomic mass is 32.1. The largest absolute Gasteiger partial charge is 0.350 e. The summed E-state index contributed by atoms with van der Waals surface area (Å²) in [5, 5.41) is 8.56. The number of thiophene rings is 1. The third-order valence-electron chi connectivity index (χ3n) is 5.46.